The zero-order valence-corrected chi connectivity index (χ0v) is 18.6. The average Bonchev–Trinajstić information content (AvgIpc) is 2.70. The summed E-state index contributed by atoms with van der Waals surface area (Å²) in [5, 5.41) is 5.49. The smallest absolute Gasteiger partial charge is 0.326 e. The van der Waals surface area contributed by atoms with Crippen LogP contribution in [0.2, 0.25) is 0 Å². The molecule has 0 heterocycles. The van der Waals surface area contributed by atoms with Crippen molar-refractivity contribution in [2.45, 2.75) is 71.4 Å². The average molecular weight is 427 g/mol. The Bertz CT molecular complexity index is 797. The third-order valence-electron chi connectivity index (χ3n) is 7.40. The molecule has 0 aromatic heterocycles. The minimum Gasteiger partial charge on any atom is -0.451 e. The van der Waals surface area contributed by atoms with Crippen molar-refractivity contribution in [3.63, 3.8) is 0 Å². The van der Waals surface area contributed by atoms with Crippen LogP contribution in [0.25, 0.3) is 0 Å². The predicted octanol–water partition coefficient (Wildman–Crippen LogP) is 3.27. The fourth-order valence-electron chi connectivity index (χ4n) is 6.41. The molecule has 0 radical (unpaired) electrons. The molecule has 0 saturated heterocycles. The molecule has 1 unspecified atom stereocenters. The van der Waals surface area contributed by atoms with Gasteiger partial charge in [0.15, 0.2) is 6.10 Å². The molecule has 4 aliphatic carbocycles. The van der Waals surface area contributed by atoms with E-state index in [4.69, 9.17) is 4.74 Å². The van der Waals surface area contributed by atoms with Gasteiger partial charge in [-0.3, -0.25) is 14.4 Å². The van der Waals surface area contributed by atoms with E-state index in [1.54, 1.807) is 6.92 Å². The van der Waals surface area contributed by atoms with Crippen molar-refractivity contribution in [2.24, 2.45) is 23.2 Å². The molecule has 4 aliphatic rings. The number of amides is 2. The molecule has 6 nitrogen and oxygen atoms in total. The second-order valence-corrected chi connectivity index (χ2v) is 10.2. The van der Waals surface area contributed by atoms with Gasteiger partial charge in [0.2, 0.25) is 5.91 Å². The molecule has 4 saturated carbocycles. The number of hydrogen-bond acceptors (Lipinski definition) is 4. The lowest BCUT2D eigenvalue weighted by atomic mass is 9.49. The number of aryl methyl sites for hydroxylation is 1. The van der Waals surface area contributed by atoms with E-state index >= 15 is 0 Å². The van der Waals surface area contributed by atoms with Crippen LogP contribution in [0.1, 0.15) is 63.0 Å². The van der Waals surface area contributed by atoms with Gasteiger partial charge in [0, 0.05) is 13.0 Å². The zero-order chi connectivity index (χ0) is 22.0. The lowest BCUT2D eigenvalue weighted by Gasteiger charge is -2.56. The van der Waals surface area contributed by atoms with Gasteiger partial charge < -0.3 is 15.4 Å². The quantitative estimate of drug-likeness (QED) is 0.625. The standard InChI is InChI=1S/C25H34N2O4/c1-16-3-5-18(6-4-16)14-27-24(30)17(2)31-23(29)15-26-22(28)13-25-10-19-7-20(11-25)9-21(8-19)12-25/h3-6,17,19-21H,7-15H2,1-2H3,(H,26,28)(H,27,30). The van der Waals surface area contributed by atoms with Gasteiger partial charge in [0.25, 0.3) is 5.91 Å². The van der Waals surface area contributed by atoms with Gasteiger partial charge in [-0.1, -0.05) is 29.8 Å². The Hall–Kier alpha value is -2.37. The summed E-state index contributed by atoms with van der Waals surface area (Å²) in [4.78, 5) is 36.9. The third-order valence-corrected chi connectivity index (χ3v) is 7.40. The minimum atomic E-state index is -0.905. The van der Waals surface area contributed by atoms with Gasteiger partial charge in [0.05, 0.1) is 0 Å². The number of esters is 1. The summed E-state index contributed by atoms with van der Waals surface area (Å²) in [6.07, 6.45) is 7.12. The first-order valence-electron chi connectivity index (χ1n) is 11.6. The number of carbonyl (C=O) groups is 3. The van der Waals surface area contributed by atoms with Crippen molar-refractivity contribution in [2.75, 3.05) is 6.54 Å². The van der Waals surface area contributed by atoms with Gasteiger partial charge in [-0.15, -0.1) is 0 Å². The van der Waals surface area contributed by atoms with Gasteiger partial charge >= 0.3 is 5.97 Å². The molecule has 2 N–H and O–H groups in total. The van der Waals surface area contributed by atoms with E-state index < -0.39 is 12.1 Å². The van der Waals surface area contributed by atoms with Gasteiger partial charge in [-0.05, 0) is 81.1 Å². The monoisotopic (exact) mass is 426 g/mol. The molecule has 5 rings (SSSR count). The lowest BCUT2D eigenvalue weighted by Crippen LogP contribution is -2.48. The second kappa shape index (κ2) is 9.01. The third kappa shape index (κ3) is 5.46. The maximum atomic E-state index is 12.5. The molecular weight excluding hydrogens is 392 g/mol. The van der Waals surface area contributed by atoms with Crippen LogP contribution in [0, 0.1) is 30.1 Å². The highest BCUT2D eigenvalue weighted by Gasteiger charge is 2.51. The highest BCUT2D eigenvalue weighted by atomic mass is 16.5. The van der Waals surface area contributed by atoms with Gasteiger partial charge in [-0.25, -0.2) is 0 Å². The van der Waals surface area contributed by atoms with Crippen LogP contribution in [0.4, 0.5) is 0 Å². The van der Waals surface area contributed by atoms with E-state index in [-0.39, 0.29) is 23.8 Å². The summed E-state index contributed by atoms with van der Waals surface area (Å²) >= 11 is 0. The molecule has 0 aliphatic heterocycles. The van der Waals surface area contributed by atoms with E-state index in [0.29, 0.717) is 13.0 Å². The van der Waals surface area contributed by atoms with E-state index in [2.05, 4.69) is 10.6 Å². The maximum absolute atomic E-state index is 12.5. The van der Waals surface area contributed by atoms with Crippen molar-refractivity contribution in [3.8, 4) is 0 Å². The molecule has 0 spiro atoms. The number of ether oxygens (including phenoxy) is 1. The van der Waals surface area contributed by atoms with Crippen LogP contribution in [0.3, 0.4) is 0 Å². The predicted molar refractivity (Wildman–Crippen MR) is 117 cm³/mol. The second-order valence-electron chi connectivity index (χ2n) is 10.2. The maximum Gasteiger partial charge on any atom is 0.326 e. The number of benzene rings is 1. The molecule has 1 atom stereocenters. The van der Waals surface area contributed by atoms with Crippen LogP contribution in [-0.2, 0) is 25.7 Å². The largest absolute Gasteiger partial charge is 0.451 e. The van der Waals surface area contributed by atoms with Crippen LogP contribution in [0.15, 0.2) is 24.3 Å². The Morgan fingerprint density at radius 1 is 1.00 bits per heavy atom. The molecule has 168 valence electrons. The topological polar surface area (TPSA) is 84.5 Å². The normalized spacial score (nSPS) is 29.3. The Morgan fingerprint density at radius 3 is 2.16 bits per heavy atom. The van der Waals surface area contributed by atoms with E-state index in [9.17, 15) is 14.4 Å². The SMILES string of the molecule is Cc1ccc(CNC(=O)C(C)OC(=O)CNC(=O)CC23CC4CC(CC(C4)C2)C3)cc1. The van der Waals surface area contributed by atoms with Crippen molar-refractivity contribution in [1.82, 2.24) is 10.6 Å². The van der Waals surface area contributed by atoms with Crippen molar-refractivity contribution < 1.29 is 19.1 Å². The van der Waals surface area contributed by atoms with Crippen LogP contribution < -0.4 is 10.6 Å². The molecule has 6 heteroatoms. The van der Waals surface area contributed by atoms with Crippen LogP contribution >= 0.6 is 0 Å². The number of rotatable bonds is 8. The van der Waals surface area contributed by atoms with Gasteiger partial charge in [-0.2, -0.15) is 0 Å². The highest BCUT2D eigenvalue weighted by molar-refractivity contribution is 5.86. The minimum absolute atomic E-state index is 0.0737. The molecule has 31 heavy (non-hydrogen) atoms. The summed E-state index contributed by atoms with van der Waals surface area (Å²) in [5.74, 6) is 1.37. The summed E-state index contributed by atoms with van der Waals surface area (Å²) in [5.41, 5.74) is 2.28. The van der Waals surface area contributed by atoms with Crippen LogP contribution in [0.5, 0.6) is 0 Å². The lowest BCUT2D eigenvalue weighted by molar-refractivity contribution is -0.154. The van der Waals surface area contributed by atoms with E-state index in [1.165, 1.54) is 19.3 Å². The van der Waals surface area contributed by atoms with Crippen molar-refractivity contribution >= 4 is 17.8 Å². The zero-order valence-electron chi connectivity index (χ0n) is 18.6. The first kappa shape index (κ1) is 21.8. The molecular formula is C25H34N2O4. The first-order chi connectivity index (χ1) is 14.8. The molecule has 2 amide bonds. The molecule has 4 fully saturated rings. The summed E-state index contributed by atoms with van der Waals surface area (Å²) in [6.45, 7) is 3.73. The van der Waals surface area contributed by atoms with Crippen molar-refractivity contribution in [3.05, 3.63) is 35.4 Å². The number of hydrogen-bond donors (Lipinski definition) is 2. The van der Waals surface area contributed by atoms with Crippen molar-refractivity contribution in [1.29, 1.82) is 0 Å². The Morgan fingerprint density at radius 2 is 1.58 bits per heavy atom. The highest BCUT2D eigenvalue weighted by Crippen LogP contribution is 2.61. The summed E-state index contributed by atoms with van der Waals surface area (Å²) < 4.78 is 5.20. The number of nitrogens with one attached hydrogen (secondary N) is 2. The summed E-state index contributed by atoms with van der Waals surface area (Å²) in [6, 6.07) is 7.87. The molecule has 4 bridgehead atoms. The Labute approximate surface area is 184 Å². The molecule has 1 aromatic rings. The molecule has 1 aromatic carbocycles. The van der Waals surface area contributed by atoms with E-state index in [0.717, 1.165) is 48.1 Å². The van der Waals surface area contributed by atoms with E-state index in [1.807, 2.05) is 31.2 Å². The number of carbonyl (C=O) groups excluding carboxylic acids is 3. The Kier molecular flexibility index (Phi) is 6.35. The first-order valence-corrected chi connectivity index (χ1v) is 11.6. The van der Waals surface area contributed by atoms with Gasteiger partial charge in [0.1, 0.15) is 6.54 Å². The summed E-state index contributed by atoms with van der Waals surface area (Å²) in [7, 11) is 0. The fraction of sp³-hybridized carbons (Fsp3) is 0.640. The fourth-order valence-corrected chi connectivity index (χ4v) is 6.41. The van der Waals surface area contributed by atoms with Crippen LogP contribution in [-0.4, -0.2) is 30.4 Å². The Balaban J connectivity index is 1.17.